The molecule has 1 atom stereocenters. The van der Waals surface area contributed by atoms with Crippen LogP contribution in [0.15, 0.2) is 66.8 Å². The number of halogens is 5. The van der Waals surface area contributed by atoms with Gasteiger partial charge in [-0.05, 0) is 29.8 Å². The zero-order valence-electron chi connectivity index (χ0n) is 20.2. The molecule has 1 aliphatic rings. The number of alkyl halides is 1. The standard InChI is InChI=1S/C25H18BClF4N8/c26-25(14-1-3-15(29)4-2-14,21-11-39(12-28)38-37-21)36-16-5-18-22(35-17-7-20(30)24(31)34-10-17)13(8-32)9-33-23(18)19(27)6-16/h1-7,9-11,36-38H,12,26H2,(H,33,35). The highest BCUT2D eigenvalue weighted by Crippen LogP contribution is 2.38. The van der Waals surface area contributed by atoms with E-state index in [1.165, 1.54) is 29.5 Å². The van der Waals surface area contributed by atoms with Crippen LogP contribution >= 0.6 is 11.6 Å². The highest BCUT2D eigenvalue weighted by molar-refractivity contribution is 6.36. The van der Waals surface area contributed by atoms with Gasteiger partial charge in [-0.1, -0.05) is 23.7 Å². The van der Waals surface area contributed by atoms with E-state index in [9.17, 15) is 22.8 Å². The molecule has 0 amide bonds. The number of anilines is 3. The fourth-order valence-corrected chi connectivity index (χ4v) is 4.49. The van der Waals surface area contributed by atoms with Crippen LogP contribution in [0.1, 0.15) is 11.1 Å². The Kier molecular flexibility index (Phi) is 6.90. The zero-order chi connectivity index (χ0) is 27.7. The molecular formula is C25H18BClF4N8. The molecule has 0 bridgehead atoms. The van der Waals surface area contributed by atoms with Crippen LogP contribution in [0.5, 0.6) is 0 Å². The molecular weight excluding hydrogens is 535 g/mol. The molecule has 0 spiro atoms. The highest BCUT2D eigenvalue weighted by atomic mass is 35.5. The maximum atomic E-state index is 13.8. The zero-order valence-corrected chi connectivity index (χ0v) is 20.9. The van der Waals surface area contributed by atoms with E-state index in [1.54, 1.807) is 32.1 Å². The van der Waals surface area contributed by atoms with Crippen LogP contribution in [-0.2, 0) is 5.44 Å². The van der Waals surface area contributed by atoms with Crippen molar-refractivity contribution in [3.8, 4) is 6.07 Å². The van der Waals surface area contributed by atoms with E-state index in [4.69, 9.17) is 11.6 Å². The number of nitrogens with zero attached hydrogens (tertiary/aromatic N) is 4. The van der Waals surface area contributed by atoms with Crippen molar-refractivity contribution in [2.24, 2.45) is 0 Å². The number of hydrogen-bond donors (Lipinski definition) is 4. The Bertz CT molecular complexity index is 1650. The summed E-state index contributed by atoms with van der Waals surface area (Å²) in [5.41, 5.74) is 6.96. The number of hydrazine groups is 2. The minimum atomic E-state index is -1.26. The number of nitrogens with one attached hydrogen (secondary N) is 4. The van der Waals surface area contributed by atoms with Gasteiger partial charge in [0, 0.05) is 29.5 Å². The Morgan fingerprint density at radius 2 is 1.85 bits per heavy atom. The monoisotopic (exact) mass is 552 g/mol. The Hall–Kier alpha value is -4.54. The van der Waals surface area contributed by atoms with Crippen molar-refractivity contribution in [1.82, 2.24) is 25.9 Å². The number of rotatable bonds is 7. The molecule has 14 heteroatoms. The van der Waals surface area contributed by atoms with Gasteiger partial charge in [-0.15, -0.1) is 5.53 Å². The van der Waals surface area contributed by atoms with E-state index in [0.717, 1.165) is 12.3 Å². The smallest absolute Gasteiger partial charge is 0.249 e. The van der Waals surface area contributed by atoms with E-state index in [1.807, 2.05) is 6.07 Å². The van der Waals surface area contributed by atoms with E-state index in [2.05, 4.69) is 31.6 Å². The molecule has 0 saturated heterocycles. The number of benzene rings is 2. The van der Waals surface area contributed by atoms with Gasteiger partial charge in [0.15, 0.2) is 12.6 Å². The predicted molar refractivity (Wildman–Crippen MR) is 141 cm³/mol. The summed E-state index contributed by atoms with van der Waals surface area (Å²) in [6.07, 6.45) is 3.92. The van der Waals surface area contributed by atoms with E-state index in [0.29, 0.717) is 27.9 Å². The molecule has 4 aromatic rings. The minimum absolute atomic E-state index is 0.0984. The first-order valence-corrected chi connectivity index (χ1v) is 11.8. The third-order valence-electron chi connectivity index (χ3n) is 6.21. The predicted octanol–water partition coefficient (Wildman–Crippen LogP) is 4.31. The Balaban J connectivity index is 1.63. The average molecular weight is 553 g/mol. The van der Waals surface area contributed by atoms with Crippen LogP contribution in [0.4, 0.5) is 34.6 Å². The molecule has 2 aromatic heterocycles. The third kappa shape index (κ3) is 4.99. The Morgan fingerprint density at radius 1 is 1.08 bits per heavy atom. The fraction of sp³-hybridized carbons (Fsp3) is 0.0800. The van der Waals surface area contributed by atoms with Crippen molar-refractivity contribution in [2.45, 2.75) is 5.44 Å². The van der Waals surface area contributed by atoms with Crippen molar-refractivity contribution in [1.29, 1.82) is 5.26 Å². The molecule has 0 aliphatic carbocycles. The summed E-state index contributed by atoms with van der Waals surface area (Å²) in [5, 5.41) is 17.8. The van der Waals surface area contributed by atoms with Gasteiger partial charge in [-0.3, -0.25) is 9.99 Å². The number of hydrogen-bond acceptors (Lipinski definition) is 8. The summed E-state index contributed by atoms with van der Waals surface area (Å²) in [7, 11) is 1.80. The largest absolute Gasteiger partial charge is 0.378 e. The number of pyridine rings is 2. The molecule has 0 fully saturated rings. The molecule has 196 valence electrons. The SMILES string of the molecule is BC(Nc1cc(Cl)c2ncc(C#N)c(Nc3cnc(F)c(F)c3)c2c1)(C1=CN(CF)NN1)c1ccc(F)cc1. The summed E-state index contributed by atoms with van der Waals surface area (Å²) in [6, 6.07) is 12.0. The molecule has 4 N–H and O–H groups in total. The lowest BCUT2D eigenvalue weighted by Gasteiger charge is -2.34. The summed E-state index contributed by atoms with van der Waals surface area (Å²) >= 11 is 6.59. The first kappa shape index (κ1) is 26.1. The van der Waals surface area contributed by atoms with Gasteiger partial charge in [0.25, 0.3) is 0 Å². The lowest BCUT2D eigenvalue weighted by atomic mass is 9.69. The van der Waals surface area contributed by atoms with Gasteiger partial charge in [-0.25, -0.2) is 18.2 Å². The van der Waals surface area contributed by atoms with Crippen molar-refractivity contribution in [3.63, 3.8) is 0 Å². The summed E-state index contributed by atoms with van der Waals surface area (Å²) < 4.78 is 54.3. The minimum Gasteiger partial charge on any atom is -0.378 e. The Morgan fingerprint density at radius 3 is 2.51 bits per heavy atom. The normalized spacial score (nSPS) is 14.4. The molecule has 1 unspecified atom stereocenters. The van der Waals surface area contributed by atoms with Crippen LogP contribution in [0.25, 0.3) is 10.9 Å². The third-order valence-corrected chi connectivity index (χ3v) is 6.50. The summed E-state index contributed by atoms with van der Waals surface area (Å²) in [5.74, 6) is -2.85. The van der Waals surface area contributed by atoms with Crippen LogP contribution in [0, 0.1) is 28.9 Å². The van der Waals surface area contributed by atoms with Gasteiger partial charge in [0.1, 0.15) is 19.7 Å². The van der Waals surface area contributed by atoms with Gasteiger partial charge in [0.2, 0.25) is 5.95 Å². The molecule has 0 saturated carbocycles. The first-order valence-electron chi connectivity index (χ1n) is 11.4. The van der Waals surface area contributed by atoms with Crippen LogP contribution in [0.2, 0.25) is 5.02 Å². The maximum Gasteiger partial charge on any atom is 0.249 e. The topological polar surface area (TPSA) is 101 Å². The Labute approximate surface area is 225 Å². The second-order valence-electron chi connectivity index (χ2n) is 8.76. The number of fused-ring (bicyclic) bond motifs is 1. The van der Waals surface area contributed by atoms with Crippen molar-refractivity contribution in [3.05, 3.63) is 100 Å². The molecule has 2 aromatic carbocycles. The van der Waals surface area contributed by atoms with Gasteiger partial charge in [-0.2, -0.15) is 9.65 Å². The molecule has 1 aliphatic heterocycles. The van der Waals surface area contributed by atoms with Crippen molar-refractivity contribution >= 4 is 47.4 Å². The second kappa shape index (κ2) is 10.3. The van der Waals surface area contributed by atoms with Gasteiger partial charge < -0.3 is 16.1 Å². The maximum absolute atomic E-state index is 13.8. The average Bonchev–Trinajstić information content (AvgIpc) is 3.42. The second-order valence-corrected chi connectivity index (χ2v) is 9.17. The fourth-order valence-electron chi connectivity index (χ4n) is 4.22. The quantitative estimate of drug-likeness (QED) is 0.117. The van der Waals surface area contributed by atoms with Crippen LogP contribution in [-0.4, -0.2) is 29.6 Å². The van der Waals surface area contributed by atoms with Gasteiger partial charge in [0.05, 0.1) is 44.8 Å². The molecule has 3 heterocycles. The molecule has 5 rings (SSSR count). The number of nitriles is 1. The summed E-state index contributed by atoms with van der Waals surface area (Å²) in [4.78, 5) is 7.67. The van der Waals surface area contributed by atoms with E-state index >= 15 is 0 Å². The number of aromatic nitrogens is 2. The molecule has 8 nitrogen and oxygen atoms in total. The van der Waals surface area contributed by atoms with E-state index in [-0.39, 0.29) is 22.0 Å². The van der Waals surface area contributed by atoms with Crippen molar-refractivity contribution < 1.29 is 17.6 Å². The van der Waals surface area contributed by atoms with Crippen LogP contribution in [0.3, 0.4) is 0 Å². The molecule has 0 radical (unpaired) electrons. The first-order chi connectivity index (χ1) is 18.7. The van der Waals surface area contributed by atoms with Crippen molar-refractivity contribution in [2.75, 3.05) is 17.4 Å². The lowest BCUT2D eigenvalue weighted by molar-refractivity contribution is 0.185. The lowest BCUT2D eigenvalue weighted by Crippen LogP contribution is -2.45. The highest BCUT2D eigenvalue weighted by Gasteiger charge is 2.34. The van der Waals surface area contributed by atoms with Crippen LogP contribution < -0.4 is 21.6 Å². The van der Waals surface area contributed by atoms with Gasteiger partial charge >= 0.3 is 0 Å². The summed E-state index contributed by atoms with van der Waals surface area (Å²) in [6.45, 7) is -0.811. The van der Waals surface area contributed by atoms with E-state index < -0.39 is 29.8 Å². The molecule has 39 heavy (non-hydrogen) atoms.